The standard InChI is InChI=1S/C17H20N2O2/c1-21-12-13-6-8-19(9-7-13)17-15(11-20)10-14-4-2-3-5-16(14)18-17/h2-5,10-11,13H,6-9,12H2,1H3. The lowest BCUT2D eigenvalue weighted by Gasteiger charge is -2.33. The molecule has 21 heavy (non-hydrogen) atoms. The van der Waals surface area contributed by atoms with Crippen LogP contribution in [0.1, 0.15) is 23.2 Å². The molecule has 0 radical (unpaired) electrons. The molecule has 2 heterocycles. The van der Waals surface area contributed by atoms with E-state index in [0.29, 0.717) is 11.5 Å². The molecule has 1 aliphatic heterocycles. The maximum Gasteiger partial charge on any atom is 0.153 e. The number of benzene rings is 1. The second-order valence-corrected chi connectivity index (χ2v) is 5.60. The number of methoxy groups -OCH3 is 1. The van der Waals surface area contributed by atoms with Crippen molar-refractivity contribution >= 4 is 23.0 Å². The lowest BCUT2D eigenvalue weighted by Crippen LogP contribution is -2.36. The monoisotopic (exact) mass is 284 g/mol. The van der Waals surface area contributed by atoms with Gasteiger partial charge in [0.15, 0.2) is 6.29 Å². The molecule has 0 unspecified atom stereocenters. The van der Waals surface area contributed by atoms with E-state index in [1.165, 1.54) is 0 Å². The molecule has 1 fully saturated rings. The molecule has 1 aromatic heterocycles. The van der Waals surface area contributed by atoms with Gasteiger partial charge in [-0.1, -0.05) is 18.2 Å². The second kappa shape index (κ2) is 6.22. The molecule has 0 atom stereocenters. The number of piperidine rings is 1. The van der Waals surface area contributed by atoms with E-state index < -0.39 is 0 Å². The van der Waals surface area contributed by atoms with E-state index in [2.05, 4.69) is 4.90 Å². The third-order valence-corrected chi connectivity index (χ3v) is 4.18. The Balaban J connectivity index is 1.88. The van der Waals surface area contributed by atoms with Crippen molar-refractivity contribution in [3.05, 3.63) is 35.9 Å². The molecule has 3 rings (SSSR count). The number of para-hydroxylation sites is 1. The molecule has 0 bridgehead atoms. The third-order valence-electron chi connectivity index (χ3n) is 4.18. The number of nitrogens with zero attached hydrogens (tertiary/aromatic N) is 2. The number of carbonyl (C=O) groups excluding carboxylic acids is 1. The smallest absolute Gasteiger partial charge is 0.153 e. The number of fused-ring (bicyclic) bond motifs is 1. The van der Waals surface area contributed by atoms with E-state index in [9.17, 15) is 4.79 Å². The van der Waals surface area contributed by atoms with Gasteiger partial charge in [-0.25, -0.2) is 4.98 Å². The first-order valence-corrected chi connectivity index (χ1v) is 7.40. The molecule has 1 aromatic carbocycles. The summed E-state index contributed by atoms with van der Waals surface area (Å²) in [6.45, 7) is 2.68. The van der Waals surface area contributed by atoms with Crippen molar-refractivity contribution in [2.75, 3.05) is 31.7 Å². The lowest BCUT2D eigenvalue weighted by molar-refractivity contribution is 0.112. The van der Waals surface area contributed by atoms with E-state index in [1.807, 2.05) is 30.3 Å². The zero-order chi connectivity index (χ0) is 14.7. The number of ether oxygens (including phenoxy) is 1. The van der Waals surface area contributed by atoms with Crippen LogP contribution < -0.4 is 4.90 Å². The number of aldehydes is 1. The maximum absolute atomic E-state index is 11.4. The fourth-order valence-electron chi connectivity index (χ4n) is 3.01. The first kappa shape index (κ1) is 14.0. The molecule has 4 nitrogen and oxygen atoms in total. The summed E-state index contributed by atoms with van der Waals surface area (Å²) in [6.07, 6.45) is 3.08. The highest BCUT2D eigenvalue weighted by molar-refractivity contribution is 5.91. The number of carbonyl (C=O) groups is 1. The van der Waals surface area contributed by atoms with Crippen LogP contribution >= 0.6 is 0 Å². The van der Waals surface area contributed by atoms with Gasteiger partial charge in [-0.05, 0) is 30.9 Å². The van der Waals surface area contributed by atoms with Crippen molar-refractivity contribution in [3.63, 3.8) is 0 Å². The fraction of sp³-hybridized carbons (Fsp3) is 0.412. The fourth-order valence-corrected chi connectivity index (χ4v) is 3.01. The first-order valence-electron chi connectivity index (χ1n) is 7.40. The van der Waals surface area contributed by atoms with E-state index in [0.717, 1.165) is 55.5 Å². The minimum atomic E-state index is 0.617. The molecule has 0 N–H and O–H groups in total. The summed E-state index contributed by atoms with van der Waals surface area (Å²) in [6, 6.07) is 9.86. The van der Waals surface area contributed by atoms with Gasteiger partial charge in [-0.3, -0.25) is 4.79 Å². The Morgan fingerprint density at radius 3 is 2.81 bits per heavy atom. The van der Waals surface area contributed by atoms with Crippen LogP contribution in [-0.2, 0) is 4.74 Å². The van der Waals surface area contributed by atoms with Gasteiger partial charge >= 0.3 is 0 Å². The number of anilines is 1. The van der Waals surface area contributed by atoms with Crippen LogP contribution in [0.4, 0.5) is 5.82 Å². The van der Waals surface area contributed by atoms with Crippen LogP contribution in [-0.4, -0.2) is 38.1 Å². The lowest BCUT2D eigenvalue weighted by atomic mass is 9.97. The third kappa shape index (κ3) is 2.90. The summed E-state index contributed by atoms with van der Waals surface area (Å²) in [5.41, 5.74) is 1.62. The van der Waals surface area contributed by atoms with Crippen LogP contribution in [0.3, 0.4) is 0 Å². The Kier molecular flexibility index (Phi) is 4.15. The Morgan fingerprint density at radius 1 is 1.33 bits per heavy atom. The van der Waals surface area contributed by atoms with Gasteiger partial charge in [0.05, 0.1) is 11.1 Å². The SMILES string of the molecule is COCC1CCN(c2nc3ccccc3cc2C=O)CC1. The predicted octanol–water partition coefficient (Wildman–Crippen LogP) is 2.91. The molecule has 0 amide bonds. The normalized spacial score (nSPS) is 16.3. The quantitative estimate of drug-likeness (QED) is 0.810. The number of hydrogen-bond donors (Lipinski definition) is 0. The maximum atomic E-state index is 11.4. The van der Waals surface area contributed by atoms with Gasteiger partial charge in [0.1, 0.15) is 5.82 Å². The number of rotatable bonds is 4. The molecule has 2 aromatic rings. The van der Waals surface area contributed by atoms with Crippen LogP contribution in [0.25, 0.3) is 10.9 Å². The highest BCUT2D eigenvalue weighted by atomic mass is 16.5. The van der Waals surface area contributed by atoms with Crippen LogP contribution in [0, 0.1) is 5.92 Å². The Labute approximate surface area is 124 Å². The Bertz CT molecular complexity index is 634. The van der Waals surface area contributed by atoms with Gasteiger partial charge in [-0.2, -0.15) is 0 Å². The molecule has 0 spiro atoms. The minimum absolute atomic E-state index is 0.617. The summed E-state index contributed by atoms with van der Waals surface area (Å²) in [4.78, 5) is 18.3. The zero-order valence-corrected chi connectivity index (χ0v) is 12.3. The summed E-state index contributed by atoms with van der Waals surface area (Å²) in [7, 11) is 1.75. The van der Waals surface area contributed by atoms with Crippen molar-refractivity contribution in [1.29, 1.82) is 0 Å². The van der Waals surface area contributed by atoms with Gasteiger partial charge in [-0.15, -0.1) is 0 Å². The first-order chi connectivity index (χ1) is 10.3. The van der Waals surface area contributed by atoms with Gasteiger partial charge in [0.25, 0.3) is 0 Å². The van der Waals surface area contributed by atoms with E-state index in [4.69, 9.17) is 9.72 Å². The van der Waals surface area contributed by atoms with Crippen molar-refractivity contribution in [3.8, 4) is 0 Å². The molecule has 0 saturated carbocycles. The van der Waals surface area contributed by atoms with Gasteiger partial charge in [0, 0.05) is 32.2 Å². The van der Waals surface area contributed by atoms with Crippen molar-refractivity contribution in [2.24, 2.45) is 5.92 Å². The van der Waals surface area contributed by atoms with Crippen molar-refractivity contribution in [1.82, 2.24) is 4.98 Å². The summed E-state index contributed by atoms with van der Waals surface area (Å²) in [5.74, 6) is 1.44. The van der Waals surface area contributed by atoms with Gasteiger partial charge in [0.2, 0.25) is 0 Å². The van der Waals surface area contributed by atoms with Crippen molar-refractivity contribution < 1.29 is 9.53 Å². The van der Waals surface area contributed by atoms with E-state index >= 15 is 0 Å². The molecular formula is C17H20N2O2. The average Bonchev–Trinajstić information content (AvgIpc) is 2.54. The Hall–Kier alpha value is -1.94. The van der Waals surface area contributed by atoms with Crippen LogP contribution in [0.5, 0.6) is 0 Å². The molecule has 1 aliphatic rings. The molecular weight excluding hydrogens is 264 g/mol. The topological polar surface area (TPSA) is 42.4 Å². The van der Waals surface area contributed by atoms with Crippen LogP contribution in [0.15, 0.2) is 30.3 Å². The second-order valence-electron chi connectivity index (χ2n) is 5.60. The predicted molar refractivity (Wildman–Crippen MR) is 83.9 cm³/mol. The minimum Gasteiger partial charge on any atom is -0.384 e. The number of hydrogen-bond acceptors (Lipinski definition) is 4. The molecule has 4 heteroatoms. The number of pyridine rings is 1. The molecule has 1 saturated heterocycles. The van der Waals surface area contributed by atoms with E-state index in [-0.39, 0.29) is 0 Å². The summed E-state index contributed by atoms with van der Waals surface area (Å²) >= 11 is 0. The van der Waals surface area contributed by atoms with Gasteiger partial charge < -0.3 is 9.64 Å². The highest BCUT2D eigenvalue weighted by Gasteiger charge is 2.22. The summed E-state index contributed by atoms with van der Waals surface area (Å²) < 4.78 is 5.23. The average molecular weight is 284 g/mol. The Morgan fingerprint density at radius 2 is 2.10 bits per heavy atom. The largest absolute Gasteiger partial charge is 0.384 e. The summed E-state index contributed by atoms with van der Waals surface area (Å²) in [5, 5.41) is 1.01. The highest BCUT2D eigenvalue weighted by Crippen LogP contribution is 2.27. The van der Waals surface area contributed by atoms with Crippen molar-refractivity contribution in [2.45, 2.75) is 12.8 Å². The van der Waals surface area contributed by atoms with Crippen LogP contribution in [0.2, 0.25) is 0 Å². The zero-order valence-electron chi connectivity index (χ0n) is 12.3. The van der Waals surface area contributed by atoms with E-state index in [1.54, 1.807) is 7.11 Å². The molecule has 0 aliphatic carbocycles. The molecule has 110 valence electrons. The number of aromatic nitrogens is 1.